The van der Waals surface area contributed by atoms with Gasteiger partial charge in [-0.05, 0) is 19.1 Å². The normalized spacial score (nSPS) is 19.2. The Morgan fingerprint density at radius 1 is 1.55 bits per heavy atom. The third-order valence-electron chi connectivity index (χ3n) is 3.38. The highest BCUT2D eigenvalue weighted by Gasteiger charge is 2.30. The lowest BCUT2D eigenvalue weighted by Crippen LogP contribution is -2.37. The summed E-state index contributed by atoms with van der Waals surface area (Å²) < 4.78 is 7.86. The summed E-state index contributed by atoms with van der Waals surface area (Å²) in [7, 11) is 0. The van der Waals surface area contributed by atoms with E-state index in [0.29, 0.717) is 5.02 Å². The Morgan fingerprint density at radius 2 is 2.35 bits per heavy atom. The average Bonchev–Trinajstić information content (AvgIpc) is 2.87. The molecular formula is C14H16ClN3OS. The summed E-state index contributed by atoms with van der Waals surface area (Å²) in [6.07, 6.45) is 1.54. The van der Waals surface area contributed by atoms with Crippen molar-refractivity contribution in [3.8, 4) is 5.75 Å². The Hall–Kier alpha value is -1.17. The third kappa shape index (κ3) is 2.41. The minimum Gasteiger partial charge on any atom is -0.486 e. The molecule has 0 fully saturated rings. The molecule has 0 radical (unpaired) electrons. The fraction of sp³-hybridized carbons (Fsp3) is 0.357. The van der Waals surface area contributed by atoms with Crippen LogP contribution in [0.25, 0.3) is 0 Å². The quantitative estimate of drug-likeness (QED) is 0.946. The number of nitrogens with two attached hydrogens (primary N) is 1. The summed E-state index contributed by atoms with van der Waals surface area (Å²) in [5, 5.41) is 4.84. The molecule has 2 aromatic rings. The second-order valence-electron chi connectivity index (χ2n) is 4.63. The molecule has 3 rings (SSSR count). The van der Waals surface area contributed by atoms with Crippen LogP contribution in [0.2, 0.25) is 5.02 Å². The lowest BCUT2D eigenvalue weighted by molar-refractivity contribution is 0.181. The number of hydrogen-bond acceptors (Lipinski definition) is 4. The van der Waals surface area contributed by atoms with Gasteiger partial charge in [-0.1, -0.05) is 23.7 Å². The number of aryl methyl sites for hydroxylation is 1. The molecule has 1 aromatic heterocycles. The molecule has 4 nitrogen and oxygen atoms in total. The van der Waals surface area contributed by atoms with Gasteiger partial charge in [-0.2, -0.15) is 5.10 Å². The van der Waals surface area contributed by atoms with Gasteiger partial charge in [0.1, 0.15) is 11.9 Å². The summed E-state index contributed by atoms with van der Waals surface area (Å²) >= 11 is 7.98. The van der Waals surface area contributed by atoms with E-state index in [0.717, 1.165) is 28.6 Å². The molecule has 2 atom stereocenters. The molecule has 6 heteroatoms. The van der Waals surface area contributed by atoms with Crippen molar-refractivity contribution < 1.29 is 4.74 Å². The van der Waals surface area contributed by atoms with Crippen molar-refractivity contribution in [1.82, 2.24) is 9.78 Å². The van der Waals surface area contributed by atoms with Crippen LogP contribution in [-0.4, -0.2) is 21.6 Å². The Labute approximate surface area is 127 Å². The zero-order chi connectivity index (χ0) is 14.1. The van der Waals surface area contributed by atoms with E-state index >= 15 is 0 Å². The molecule has 2 N–H and O–H groups in total. The largest absolute Gasteiger partial charge is 0.486 e. The molecule has 1 aliphatic rings. The number of nitrogens with zero attached hydrogens (tertiary/aromatic N) is 2. The van der Waals surface area contributed by atoms with Crippen molar-refractivity contribution in [2.75, 3.05) is 5.75 Å². The van der Waals surface area contributed by atoms with Gasteiger partial charge in [0.05, 0.1) is 23.0 Å². The first-order valence-corrected chi connectivity index (χ1v) is 7.92. The van der Waals surface area contributed by atoms with E-state index in [1.165, 1.54) is 0 Å². The standard InChI is InChI=1S/C14H16ClN3OS/c1-2-18-14(9(15)7-17-18)13(16)11-8-20-12-6-4-3-5-10(12)19-11/h3-7,11,13H,2,8,16H2,1H3. The van der Waals surface area contributed by atoms with Gasteiger partial charge in [-0.25, -0.2) is 0 Å². The average molecular weight is 310 g/mol. The van der Waals surface area contributed by atoms with E-state index in [9.17, 15) is 0 Å². The van der Waals surface area contributed by atoms with Gasteiger partial charge in [-0.15, -0.1) is 11.8 Å². The maximum absolute atomic E-state index is 6.36. The lowest BCUT2D eigenvalue weighted by Gasteiger charge is -2.30. The number of para-hydroxylation sites is 1. The van der Waals surface area contributed by atoms with Crippen LogP contribution in [0.1, 0.15) is 18.7 Å². The number of halogens is 1. The number of thioether (sulfide) groups is 1. The maximum atomic E-state index is 6.36. The molecule has 1 aliphatic heterocycles. The second-order valence-corrected chi connectivity index (χ2v) is 6.10. The van der Waals surface area contributed by atoms with Crippen molar-refractivity contribution in [2.45, 2.75) is 30.5 Å². The Balaban J connectivity index is 1.85. The number of rotatable bonds is 3. The number of fused-ring (bicyclic) bond motifs is 1. The fourth-order valence-corrected chi connectivity index (χ4v) is 3.66. The van der Waals surface area contributed by atoms with E-state index in [1.807, 2.05) is 29.8 Å². The minimum atomic E-state index is -0.286. The van der Waals surface area contributed by atoms with Gasteiger partial charge < -0.3 is 10.5 Å². The van der Waals surface area contributed by atoms with Crippen LogP contribution in [0.15, 0.2) is 35.4 Å². The predicted octanol–water partition coefficient (Wildman–Crippen LogP) is 3.11. The smallest absolute Gasteiger partial charge is 0.133 e. The molecule has 0 saturated carbocycles. The van der Waals surface area contributed by atoms with E-state index in [-0.39, 0.29) is 12.1 Å². The van der Waals surface area contributed by atoms with E-state index in [4.69, 9.17) is 22.1 Å². The van der Waals surface area contributed by atoms with Crippen molar-refractivity contribution >= 4 is 23.4 Å². The van der Waals surface area contributed by atoms with Crippen LogP contribution in [0, 0.1) is 0 Å². The summed E-state index contributed by atoms with van der Waals surface area (Å²) in [6, 6.07) is 7.73. The van der Waals surface area contributed by atoms with Crippen molar-refractivity contribution in [1.29, 1.82) is 0 Å². The Morgan fingerprint density at radius 3 is 3.15 bits per heavy atom. The van der Waals surface area contributed by atoms with Gasteiger partial charge in [0, 0.05) is 17.2 Å². The van der Waals surface area contributed by atoms with Gasteiger partial charge in [-0.3, -0.25) is 4.68 Å². The number of ether oxygens (including phenoxy) is 1. The van der Waals surface area contributed by atoms with Gasteiger partial charge in [0.2, 0.25) is 0 Å². The van der Waals surface area contributed by atoms with Gasteiger partial charge in [0.15, 0.2) is 0 Å². The zero-order valence-corrected chi connectivity index (χ0v) is 12.7. The van der Waals surface area contributed by atoms with Crippen LogP contribution < -0.4 is 10.5 Å². The SMILES string of the molecule is CCn1ncc(Cl)c1C(N)C1CSc2ccccc2O1. The molecular weight excluding hydrogens is 294 g/mol. The van der Waals surface area contributed by atoms with Gasteiger partial charge >= 0.3 is 0 Å². The fourth-order valence-electron chi connectivity index (χ4n) is 2.34. The number of aromatic nitrogens is 2. The van der Waals surface area contributed by atoms with E-state index in [2.05, 4.69) is 11.2 Å². The lowest BCUT2D eigenvalue weighted by atomic mass is 10.1. The molecule has 20 heavy (non-hydrogen) atoms. The summed E-state index contributed by atoms with van der Waals surface area (Å²) in [5.74, 6) is 1.70. The molecule has 0 bridgehead atoms. The topological polar surface area (TPSA) is 53.1 Å². The maximum Gasteiger partial charge on any atom is 0.133 e. The summed E-state index contributed by atoms with van der Waals surface area (Å²) in [6.45, 7) is 2.76. The Bertz CT molecular complexity index is 616. The van der Waals surface area contributed by atoms with E-state index < -0.39 is 0 Å². The summed E-state index contributed by atoms with van der Waals surface area (Å²) in [5.41, 5.74) is 7.21. The Kier molecular flexibility index (Phi) is 3.92. The molecule has 0 amide bonds. The van der Waals surface area contributed by atoms with Crippen LogP contribution in [0.3, 0.4) is 0 Å². The highest BCUT2D eigenvalue weighted by Crippen LogP contribution is 2.38. The van der Waals surface area contributed by atoms with Gasteiger partial charge in [0.25, 0.3) is 0 Å². The van der Waals surface area contributed by atoms with Crippen LogP contribution in [-0.2, 0) is 6.54 Å². The van der Waals surface area contributed by atoms with Crippen LogP contribution in [0.4, 0.5) is 0 Å². The third-order valence-corrected chi connectivity index (χ3v) is 4.81. The van der Waals surface area contributed by atoms with E-state index in [1.54, 1.807) is 18.0 Å². The first-order chi connectivity index (χ1) is 9.70. The van der Waals surface area contributed by atoms with Crippen molar-refractivity contribution in [3.05, 3.63) is 41.2 Å². The highest BCUT2D eigenvalue weighted by molar-refractivity contribution is 7.99. The number of hydrogen-bond donors (Lipinski definition) is 1. The van der Waals surface area contributed by atoms with Crippen molar-refractivity contribution in [2.24, 2.45) is 5.73 Å². The first-order valence-electron chi connectivity index (χ1n) is 6.56. The number of benzene rings is 1. The minimum absolute atomic E-state index is 0.102. The molecule has 0 saturated heterocycles. The molecule has 106 valence electrons. The molecule has 2 unspecified atom stereocenters. The molecule has 0 aliphatic carbocycles. The highest BCUT2D eigenvalue weighted by atomic mass is 35.5. The molecule has 0 spiro atoms. The monoisotopic (exact) mass is 309 g/mol. The first kappa shape index (κ1) is 13.8. The summed E-state index contributed by atoms with van der Waals surface area (Å²) in [4.78, 5) is 1.16. The van der Waals surface area contributed by atoms with Crippen molar-refractivity contribution in [3.63, 3.8) is 0 Å². The second kappa shape index (κ2) is 5.68. The van der Waals surface area contributed by atoms with Crippen LogP contribution >= 0.6 is 23.4 Å². The zero-order valence-electron chi connectivity index (χ0n) is 11.1. The predicted molar refractivity (Wildman–Crippen MR) is 81.4 cm³/mol. The molecule has 2 heterocycles. The molecule has 1 aromatic carbocycles. The van der Waals surface area contributed by atoms with Crippen LogP contribution in [0.5, 0.6) is 5.75 Å².